The van der Waals surface area contributed by atoms with E-state index in [0.717, 1.165) is 45.5 Å². The summed E-state index contributed by atoms with van der Waals surface area (Å²) in [5.41, 5.74) is 3.04. The fraction of sp³-hybridized carbons (Fsp3) is 0.444. The summed E-state index contributed by atoms with van der Waals surface area (Å²) in [5, 5.41) is 4.21. The molecule has 4 rings (SSSR count). The molecule has 0 saturated carbocycles. The molecule has 7 nitrogen and oxygen atoms in total. The van der Waals surface area contributed by atoms with Crippen molar-refractivity contribution in [3.8, 4) is 17.0 Å². The molecule has 1 aliphatic rings. The van der Waals surface area contributed by atoms with Crippen LogP contribution in [0.15, 0.2) is 43.1 Å². The summed E-state index contributed by atoms with van der Waals surface area (Å²) in [7, 11) is 0.440. The van der Waals surface area contributed by atoms with Gasteiger partial charge in [-0.25, -0.2) is 4.98 Å². The molecule has 3 heterocycles. The highest BCUT2D eigenvalue weighted by molar-refractivity contribution is 6.76. The second-order valence-corrected chi connectivity index (χ2v) is 16.2. The molecule has 1 atom stereocenters. The average Bonchev–Trinajstić information content (AvgIpc) is 3.39. The van der Waals surface area contributed by atoms with Crippen LogP contribution in [0.5, 0.6) is 5.75 Å². The molecule has 1 saturated heterocycles. The molecule has 186 valence electrons. The molecule has 1 aliphatic heterocycles. The van der Waals surface area contributed by atoms with Gasteiger partial charge < -0.3 is 19.4 Å². The zero-order valence-electron chi connectivity index (χ0n) is 21.5. The molecule has 35 heavy (non-hydrogen) atoms. The van der Waals surface area contributed by atoms with Gasteiger partial charge in [-0.3, -0.25) is 9.78 Å². The Morgan fingerprint density at radius 3 is 2.74 bits per heavy atom. The van der Waals surface area contributed by atoms with Crippen molar-refractivity contribution in [2.24, 2.45) is 0 Å². The smallest absolute Gasteiger partial charge is 0.220 e. The third-order valence-electron chi connectivity index (χ3n) is 6.58. The van der Waals surface area contributed by atoms with Gasteiger partial charge in [0.05, 0.1) is 24.5 Å². The van der Waals surface area contributed by atoms with Crippen molar-refractivity contribution in [2.75, 3.05) is 13.7 Å². The van der Waals surface area contributed by atoms with Gasteiger partial charge in [0.1, 0.15) is 23.8 Å². The fourth-order valence-corrected chi connectivity index (χ4v) is 5.39. The number of carbonyl (C=O) groups is 1. The van der Waals surface area contributed by atoms with Crippen LogP contribution >= 0.6 is 0 Å². The van der Waals surface area contributed by atoms with Crippen molar-refractivity contribution >= 4 is 24.9 Å². The average molecular weight is 493 g/mol. The second-order valence-electron chi connectivity index (χ2n) is 10.6. The van der Waals surface area contributed by atoms with E-state index in [2.05, 4.69) is 53.2 Å². The molecule has 0 spiro atoms. The fourth-order valence-electron chi connectivity index (χ4n) is 4.64. The van der Waals surface area contributed by atoms with Crippen LogP contribution in [0.1, 0.15) is 30.8 Å². The van der Waals surface area contributed by atoms with Crippen molar-refractivity contribution in [3.05, 3.63) is 54.6 Å². The highest BCUT2D eigenvalue weighted by Crippen LogP contribution is 2.39. The van der Waals surface area contributed by atoms with Gasteiger partial charge in [-0.2, -0.15) is 0 Å². The molecule has 1 aromatic carbocycles. The maximum Gasteiger partial charge on any atom is 0.220 e. The molecular weight excluding hydrogens is 456 g/mol. The van der Waals surface area contributed by atoms with Gasteiger partial charge in [0.15, 0.2) is 0 Å². The first-order valence-corrected chi connectivity index (χ1v) is 15.9. The summed E-state index contributed by atoms with van der Waals surface area (Å²) in [5.74, 6) is 1.54. The summed E-state index contributed by atoms with van der Waals surface area (Å²) in [6.07, 6.45) is 5.44. The molecule has 0 radical (unpaired) electrons. The van der Waals surface area contributed by atoms with Gasteiger partial charge in [-0.1, -0.05) is 31.8 Å². The molecule has 8 heteroatoms. The van der Waals surface area contributed by atoms with Crippen molar-refractivity contribution < 1.29 is 14.3 Å². The number of methoxy groups -OCH3 is 1. The van der Waals surface area contributed by atoms with E-state index in [4.69, 9.17) is 14.5 Å². The van der Waals surface area contributed by atoms with Crippen LogP contribution in [0, 0.1) is 6.92 Å². The van der Waals surface area contributed by atoms with Gasteiger partial charge in [0.2, 0.25) is 5.91 Å². The lowest BCUT2D eigenvalue weighted by atomic mass is 9.92. The van der Waals surface area contributed by atoms with E-state index < -0.39 is 13.6 Å². The van der Waals surface area contributed by atoms with Crippen molar-refractivity contribution in [3.63, 3.8) is 0 Å². The first-order valence-electron chi connectivity index (χ1n) is 12.2. The molecule has 2 aromatic heterocycles. The Morgan fingerprint density at radius 2 is 2.09 bits per heavy atom. The maximum absolute atomic E-state index is 12.3. The number of benzene rings is 1. The summed E-state index contributed by atoms with van der Waals surface area (Å²) < 4.78 is 14.1. The van der Waals surface area contributed by atoms with Crippen LogP contribution in [0.25, 0.3) is 22.2 Å². The lowest BCUT2D eigenvalue weighted by Gasteiger charge is -2.29. The predicted octanol–water partition coefficient (Wildman–Crippen LogP) is 5.41. The highest BCUT2D eigenvalue weighted by atomic mass is 28.3. The Bertz CT molecular complexity index is 1250. The van der Waals surface area contributed by atoms with Gasteiger partial charge in [-0.05, 0) is 37.9 Å². The van der Waals surface area contributed by atoms with Crippen LogP contribution in [0.3, 0.4) is 0 Å². The number of rotatable bonds is 10. The number of imidazole rings is 1. The van der Waals surface area contributed by atoms with E-state index in [9.17, 15) is 4.79 Å². The zero-order chi connectivity index (χ0) is 25.2. The third kappa shape index (κ3) is 5.33. The topological polar surface area (TPSA) is 78.3 Å². The Labute approximate surface area is 208 Å². The minimum atomic E-state index is -1.23. The molecule has 3 aromatic rings. The van der Waals surface area contributed by atoms with Crippen LogP contribution in [0.2, 0.25) is 25.7 Å². The summed E-state index contributed by atoms with van der Waals surface area (Å²) in [6, 6.07) is 9.22. The Hall–Kier alpha value is -2.97. The van der Waals surface area contributed by atoms with Crippen molar-refractivity contribution in [1.82, 2.24) is 19.9 Å². The summed E-state index contributed by atoms with van der Waals surface area (Å²) in [6.45, 7) is 14.0. The molecule has 0 unspecified atom stereocenters. The quantitative estimate of drug-likeness (QED) is 0.233. The number of nitrogens with one attached hydrogen (secondary N) is 1. The number of carbonyl (C=O) groups excluding carboxylic acids is 1. The minimum Gasteiger partial charge on any atom is -0.496 e. The van der Waals surface area contributed by atoms with E-state index in [1.807, 2.05) is 31.3 Å². The molecule has 1 N–H and O–H groups in total. The SMILES string of the molecule is C=CC[C@]1(c2ncc(-c3cc4ccc(C)nc4cc3OC)n2COCC[Si](C)(C)C)CCC(=O)N1. The van der Waals surface area contributed by atoms with Crippen LogP contribution in [-0.4, -0.2) is 42.2 Å². The summed E-state index contributed by atoms with van der Waals surface area (Å²) in [4.78, 5) is 21.8. The number of hydrogen-bond donors (Lipinski definition) is 1. The molecule has 0 aliphatic carbocycles. The minimum absolute atomic E-state index is 0.0346. The molecule has 1 amide bonds. The van der Waals surface area contributed by atoms with E-state index in [-0.39, 0.29) is 5.91 Å². The zero-order valence-corrected chi connectivity index (χ0v) is 22.5. The largest absolute Gasteiger partial charge is 0.496 e. The molecular formula is C27H36N4O3Si. The van der Waals surface area contributed by atoms with Gasteiger partial charge >= 0.3 is 0 Å². The Balaban J connectivity index is 1.82. The van der Waals surface area contributed by atoms with Crippen molar-refractivity contribution in [2.45, 2.75) is 64.1 Å². The highest BCUT2D eigenvalue weighted by Gasteiger charge is 2.42. The van der Waals surface area contributed by atoms with E-state index in [1.165, 1.54) is 0 Å². The van der Waals surface area contributed by atoms with Crippen molar-refractivity contribution in [1.29, 1.82) is 0 Å². The first kappa shape index (κ1) is 25.1. The monoisotopic (exact) mass is 492 g/mol. The van der Waals surface area contributed by atoms with E-state index in [1.54, 1.807) is 7.11 Å². The number of fused-ring (bicyclic) bond motifs is 1. The van der Waals surface area contributed by atoms with Crippen LogP contribution < -0.4 is 10.1 Å². The molecule has 0 bridgehead atoms. The number of aryl methyl sites for hydroxylation is 1. The summed E-state index contributed by atoms with van der Waals surface area (Å²) >= 11 is 0. The number of aromatic nitrogens is 3. The molecule has 1 fully saturated rings. The number of ether oxygens (including phenoxy) is 2. The number of amides is 1. The van der Waals surface area contributed by atoms with Crippen LogP contribution in [-0.2, 0) is 21.8 Å². The lowest BCUT2D eigenvalue weighted by Crippen LogP contribution is -2.41. The maximum atomic E-state index is 12.3. The standard InChI is InChI=1S/C27H36N4O3Si/c1-7-11-27(12-10-25(32)30-27)26-28-17-23(31(26)18-34-13-14-35(4,5)6)21-15-20-9-8-19(2)29-22(20)16-24(21)33-3/h7-9,15-17H,1,10-14,18H2,2-6H3,(H,30,32)/t27-/m1/s1. The van der Waals surface area contributed by atoms with Crippen LogP contribution in [0.4, 0.5) is 0 Å². The Morgan fingerprint density at radius 1 is 1.29 bits per heavy atom. The lowest BCUT2D eigenvalue weighted by molar-refractivity contribution is -0.119. The second kappa shape index (κ2) is 9.95. The van der Waals surface area contributed by atoms with Gasteiger partial charge in [0.25, 0.3) is 0 Å². The first-order chi connectivity index (χ1) is 16.7. The van der Waals surface area contributed by atoms with E-state index >= 15 is 0 Å². The normalized spacial score (nSPS) is 18.1. The predicted molar refractivity (Wildman–Crippen MR) is 142 cm³/mol. The third-order valence-corrected chi connectivity index (χ3v) is 8.28. The van der Waals surface area contributed by atoms with E-state index in [0.29, 0.717) is 32.6 Å². The van der Waals surface area contributed by atoms with Gasteiger partial charge in [0, 0.05) is 43.8 Å². The number of nitrogens with zero attached hydrogens (tertiary/aromatic N) is 3. The van der Waals surface area contributed by atoms with Gasteiger partial charge in [-0.15, -0.1) is 6.58 Å². The Kier molecular flexibility index (Phi) is 7.14. The number of hydrogen-bond acceptors (Lipinski definition) is 5. The number of pyridine rings is 1.